The number of ether oxygens (including phenoxy) is 1. The van der Waals surface area contributed by atoms with Gasteiger partial charge in [0, 0.05) is 10.8 Å². The highest BCUT2D eigenvalue weighted by Crippen LogP contribution is 2.44. The SMILES string of the molecule is C[C@@H](NC(=O)C(NC(=O)OCC1c2ccccc2-c2ccccc21)c1cccs1)C(=O)O. The minimum absolute atomic E-state index is 0.103. The molecule has 3 aromatic rings. The lowest BCUT2D eigenvalue weighted by Gasteiger charge is -2.20. The Balaban J connectivity index is 1.46. The Morgan fingerprint density at radius 2 is 1.59 bits per heavy atom. The fourth-order valence-electron chi connectivity index (χ4n) is 3.84. The molecule has 0 saturated carbocycles. The summed E-state index contributed by atoms with van der Waals surface area (Å²) in [6, 6.07) is 17.3. The molecule has 0 bridgehead atoms. The van der Waals surface area contributed by atoms with Crippen LogP contribution in [0.5, 0.6) is 0 Å². The zero-order valence-electron chi connectivity index (χ0n) is 17.3. The average Bonchev–Trinajstić information content (AvgIpc) is 3.42. The molecular formula is C24H22N2O5S. The Morgan fingerprint density at radius 3 is 2.16 bits per heavy atom. The molecule has 0 saturated heterocycles. The zero-order chi connectivity index (χ0) is 22.7. The van der Waals surface area contributed by atoms with Crippen LogP contribution in [-0.2, 0) is 14.3 Å². The number of benzene rings is 2. The lowest BCUT2D eigenvalue weighted by Crippen LogP contribution is -2.46. The molecule has 0 spiro atoms. The van der Waals surface area contributed by atoms with Crippen LogP contribution >= 0.6 is 11.3 Å². The second-order valence-electron chi connectivity index (χ2n) is 7.49. The number of hydrogen-bond acceptors (Lipinski definition) is 5. The molecule has 0 radical (unpaired) electrons. The number of carboxylic acid groups (broad SMARTS) is 1. The number of fused-ring (bicyclic) bond motifs is 3. The van der Waals surface area contributed by atoms with Gasteiger partial charge in [0.1, 0.15) is 18.7 Å². The Hall–Kier alpha value is -3.65. The van der Waals surface area contributed by atoms with Crippen LogP contribution in [0, 0.1) is 0 Å². The van der Waals surface area contributed by atoms with Crippen LogP contribution in [0.1, 0.15) is 34.9 Å². The van der Waals surface area contributed by atoms with Gasteiger partial charge < -0.3 is 20.5 Å². The first-order valence-corrected chi connectivity index (χ1v) is 11.0. The summed E-state index contributed by atoms with van der Waals surface area (Å²) < 4.78 is 5.53. The van der Waals surface area contributed by atoms with Crippen molar-refractivity contribution in [3.05, 3.63) is 82.0 Å². The van der Waals surface area contributed by atoms with Crippen molar-refractivity contribution in [2.24, 2.45) is 0 Å². The van der Waals surface area contributed by atoms with Gasteiger partial charge in [-0.05, 0) is 40.6 Å². The normalized spacial score (nSPS) is 14.0. The molecular weight excluding hydrogens is 428 g/mol. The van der Waals surface area contributed by atoms with Gasteiger partial charge in [-0.1, -0.05) is 54.6 Å². The van der Waals surface area contributed by atoms with Crippen molar-refractivity contribution in [3.8, 4) is 11.1 Å². The number of rotatable bonds is 7. The summed E-state index contributed by atoms with van der Waals surface area (Å²) in [4.78, 5) is 36.9. The van der Waals surface area contributed by atoms with E-state index in [0.717, 1.165) is 22.3 Å². The minimum atomic E-state index is -1.16. The predicted molar refractivity (Wildman–Crippen MR) is 121 cm³/mol. The summed E-state index contributed by atoms with van der Waals surface area (Å²) in [7, 11) is 0. The second kappa shape index (κ2) is 9.23. The van der Waals surface area contributed by atoms with E-state index in [4.69, 9.17) is 9.84 Å². The number of hydrogen-bond donors (Lipinski definition) is 3. The van der Waals surface area contributed by atoms with Gasteiger partial charge in [0.25, 0.3) is 0 Å². The summed E-state index contributed by atoms with van der Waals surface area (Å²) in [5.74, 6) is -1.88. The lowest BCUT2D eigenvalue weighted by molar-refractivity contribution is -0.141. The third-order valence-electron chi connectivity index (χ3n) is 5.42. The fourth-order valence-corrected chi connectivity index (χ4v) is 4.61. The molecule has 1 aliphatic rings. The Bertz CT molecular complexity index is 1100. The molecule has 8 heteroatoms. The molecule has 2 aromatic carbocycles. The van der Waals surface area contributed by atoms with E-state index in [9.17, 15) is 14.4 Å². The molecule has 32 heavy (non-hydrogen) atoms. The third kappa shape index (κ3) is 4.36. The van der Waals surface area contributed by atoms with Gasteiger partial charge in [-0.25, -0.2) is 4.79 Å². The fraction of sp³-hybridized carbons (Fsp3) is 0.208. The number of thiophene rings is 1. The van der Waals surface area contributed by atoms with E-state index in [1.807, 2.05) is 36.4 Å². The van der Waals surface area contributed by atoms with Crippen molar-refractivity contribution in [1.29, 1.82) is 0 Å². The average molecular weight is 451 g/mol. The van der Waals surface area contributed by atoms with Gasteiger partial charge >= 0.3 is 12.1 Å². The number of alkyl carbamates (subject to hydrolysis) is 1. The van der Waals surface area contributed by atoms with Crippen LogP contribution in [0.2, 0.25) is 0 Å². The molecule has 164 valence electrons. The standard InChI is InChI=1S/C24H22N2O5S/c1-14(23(28)29)25-22(27)21(20-11-6-12-32-20)26-24(30)31-13-19-17-9-4-2-7-15(17)16-8-3-5-10-18(16)19/h2-12,14,19,21H,13H2,1H3,(H,25,27)(H,26,30)(H,28,29)/t14-,21?/m1/s1. The number of nitrogens with one attached hydrogen (secondary N) is 2. The largest absolute Gasteiger partial charge is 0.480 e. The second-order valence-corrected chi connectivity index (χ2v) is 8.47. The van der Waals surface area contributed by atoms with Crippen LogP contribution in [0.3, 0.4) is 0 Å². The molecule has 1 aromatic heterocycles. The number of carbonyl (C=O) groups excluding carboxylic acids is 2. The molecule has 7 nitrogen and oxygen atoms in total. The van der Waals surface area contributed by atoms with Crippen molar-refractivity contribution in [2.75, 3.05) is 6.61 Å². The topological polar surface area (TPSA) is 105 Å². The summed E-state index contributed by atoms with van der Waals surface area (Å²) >= 11 is 1.28. The van der Waals surface area contributed by atoms with Crippen molar-refractivity contribution in [2.45, 2.75) is 24.9 Å². The molecule has 2 atom stereocenters. The Morgan fingerprint density at radius 1 is 0.969 bits per heavy atom. The van der Waals surface area contributed by atoms with Crippen LogP contribution in [0.15, 0.2) is 66.0 Å². The van der Waals surface area contributed by atoms with E-state index < -0.39 is 30.1 Å². The number of aliphatic carboxylic acids is 1. The molecule has 1 unspecified atom stereocenters. The molecule has 0 fully saturated rings. The van der Waals surface area contributed by atoms with Crippen molar-refractivity contribution in [1.82, 2.24) is 10.6 Å². The van der Waals surface area contributed by atoms with Crippen LogP contribution in [0.25, 0.3) is 11.1 Å². The highest BCUT2D eigenvalue weighted by atomic mass is 32.1. The third-order valence-corrected chi connectivity index (χ3v) is 6.36. The van der Waals surface area contributed by atoms with E-state index in [2.05, 4.69) is 22.8 Å². The highest BCUT2D eigenvalue weighted by molar-refractivity contribution is 7.10. The van der Waals surface area contributed by atoms with Crippen molar-refractivity contribution >= 4 is 29.3 Å². The summed E-state index contributed by atoms with van der Waals surface area (Å²) in [5, 5.41) is 15.8. The number of amides is 2. The van der Waals surface area contributed by atoms with E-state index in [1.54, 1.807) is 17.5 Å². The maximum absolute atomic E-state index is 12.6. The van der Waals surface area contributed by atoms with Crippen LogP contribution in [0.4, 0.5) is 4.79 Å². The molecule has 0 aliphatic heterocycles. The minimum Gasteiger partial charge on any atom is -0.480 e. The van der Waals surface area contributed by atoms with Gasteiger partial charge in [0.05, 0.1) is 0 Å². The van der Waals surface area contributed by atoms with Crippen molar-refractivity contribution in [3.63, 3.8) is 0 Å². The quantitative estimate of drug-likeness (QED) is 0.506. The summed E-state index contributed by atoms with van der Waals surface area (Å²) in [5.41, 5.74) is 4.42. The van der Waals surface area contributed by atoms with E-state index in [-0.39, 0.29) is 12.5 Å². The monoisotopic (exact) mass is 450 g/mol. The number of carbonyl (C=O) groups is 3. The first-order valence-electron chi connectivity index (χ1n) is 10.1. The van der Waals surface area contributed by atoms with E-state index >= 15 is 0 Å². The van der Waals surface area contributed by atoms with Gasteiger partial charge in [-0.2, -0.15) is 0 Å². The molecule has 1 heterocycles. The maximum atomic E-state index is 12.6. The lowest BCUT2D eigenvalue weighted by atomic mass is 9.98. The molecule has 4 rings (SSSR count). The van der Waals surface area contributed by atoms with E-state index in [1.165, 1.54) is 18.3 Å². The predicted octanol–water partition coefficient (Wildman–Crippen LogP) is 3.92. The molecule has 2 amide bonds. The number of carboxylic acids is 1. The Labute approximate surface area is 189 Å². The summed E-state index contributed by atoms with van der Waals surface area (Å²) in [6.45, 7) is 1.48. The highest BCUT2D eigenvalue weighted by Gasteiger charge is 2.31. The first-order chi connectivity index (χ1) is 15.5. The van der Waals surface area contributed by atoms with Gasteiger partial charge in [0.2, 0.25) is 5.91 Å². The molecule has 3 N–H and O–H groups in total. The maximum Gasteiger partial charge on any atom is 0.408 e. The van der Waals surface area contributed by atoms with Crippen molar-refractivity contribution < 1.29 is 24.2 Å². The Kier molecular flexibility index (Phi) is 6.23. The molecule has 1 aliphatic carbocycles. The smallest absolute Gasteiger partial charge is 0.408 e. The summed E-state index contributed by atoms with van der Waals surface area (Å²) in [6.07, 6.45) is -0.747. The van der Waals surface area contributed by atoms with Gasteiger partial charge in [0.15, 0.2) is 0 Å². The van der Waals surface area contributed by atoms with Crippen LogP contribution < -0.4 is 10.6 Å². The van der Waals surface area contributed by atoms with Gasteiger partial charge in [-0.15, -0.1) is 11.3 Å². The van der Waals surface area contributed by atoms with E-state index in [0.29, 0.717) is 4.88 Å². The zero-order valence-corrected chi connectivity index (χ0v) is 18.1. The first kappa shape index (κ1) is 21.6. The van der Waals surface area contributed by atoms with Crippen LogP contribution in [-0.4, -0.2) is 35.7 Å². The van der Waals surface area contributed by atoms with Gasteiger partial charge in [-0.3, -0.25) is 9.59 Å².